The van der Waals surface area contributed by atoms with E-state index >= 15 is 0 Å². The summed E-state index contributed by atoms with van der Waals surface area (Å²) < 4.78 is 37.9. The van der Waals surface area contributed by atoms with E-state index in [2.05, 4.69) is 96.7 Å². The second kappa shape index (κ2) is 22.5. The number of hydrogen-bond donors (Lipinski definition) is 1. The van der Waals surface area contributed by atoms with Crippen LogP contribution in [0.1, 0.15) is 139 Å². The number of nitrogens with one attached hydrogen (secondary N) is 1. The molecule has 5 heterocycles. The number of fused-ring (bicyclic) bond motifs is 1. The maximum absolute atomic E-state index is 14.2. The van der Waals surface area contributed by atoms with Crippen LogP contribution in [0.5, 0.6) is 0 Å². The Morgan fingerprint density at radius 2 is 1.47 bits per heavy atom. The highest BCUT2D eigenvalue weighted by atomic mass is 19.3. The van der Waals surface area contributed by atoms with Crippen molar-refractivity contribution >= 4 is 28.4 Å². The Morgan fingerprint density at radius 1 is 0.770 bits per heavy atom. The van der Waals surface area contributed by atoms with E-state index in [0.717, 1.165) is 138 Å². The molecule has 4 aromatic heterocycles. The summed E-state index contributed by atoms with van der Waals surface area (Å²) in [6.45, 7) is 4.60. The molecule has 0 bridgehead atoms. The lowest BCUT2D eigenvalue weighted by Gasteiger charge is -2.34. The fourth-order valence-electron chi connectivity index (χ4n) is 11.3. The number of rotatable bonds is 21. The first kappa shape index (κ1) is 49.7. The van der Waals surface area contributed by atoms with Crippen molar-refractivity contribution in [2.45, 2.75) is 122 Å². The van der Waals surface area contributed by atoms with E-state index < -0.39 is 18.0 Å². The third-order valence-corrected chi connectivity index (χ3v) is 16.3. The Bertz CT molecular complexity index is 3010. The van der Waals surface area contributed by atoms with Gasteiger partial charge in [0.1, 0.15) is 6.26 Å². The van der Waals surface area contributed by atoms with Gasteiger partial charge in [-0.1, -0.05) is 55.3 Å². The molecule has 0 unspecified atom stereocenters. The minimum atomic E-state index is -2.85. The molecular weight excluding hydrogens is 933 g/mol. The topological polar surface area (TPSA) is 127 Å². The Balaban J connectivity index is 0.575. The molecule has 0 spiro atoms. The zero-order chi connectivity index (χ0) is 50.5. The number of aromatic nitrogens is 6. The number of hydrogen-bond acceptors (Lipinski definition) is 8. The fraction of sp³-hybridized carbons (Fsp3) is 0.467. The summed E-state index contributed by atoms with van der Waals surface area (Å²) in [4.78, 5) is 40.1. The Morgan fingerprint density at radius 3 is 2.20 bits per heavy atom. The Kier molecular flexibility index (Phi) is 15.1. The quantitative estimate of drug-likeness (QED) is 0.0754. The van der Waals surface area contributed by atoms with Crippen LogP contribution in [-0.4, -0.2) is 84.4 Å². The molecule has 2 amide bonds. The Labute approximate surface area is 432 Å². The van der Waals surface area contributed by atoms with Gasteiger partial charge in [-0.05, 0) is 186 Å². The summed E-state index contributed by atoms with van der Waals surface area (Å²) in [7, 11) is 2.19. The monoisotopic (exact) mass is 1000 g/mol. The highest BCUT2D eigenvalue weighted by molar-refractivity contribution is 6.03. The summed E-state index contributed by atoms with van der Waals surface area (Å²) >= 11 is 0. The van der Waals surface area contributed by atoms with Gasteiger partial charge in [0.25, 0.3) is 18.2 Å². The maximum Gasteiger partial charge on any atom is 0.284 e. The molecule has 7 aromatic rings. The molecule has 12 nitrogen and oxygen atoms in total. The number of nitrogens with zero attached hydrogens (tertiary/aromatic N) is 8. The fourth-order valence-corrected chi connectivity index (χ4v) is 11.3. The van der Waals surface area contributed by atoms with E-state index in [0.29, 0.717) is 11.8 Å². The van der Waals surface area contributed by atoms with Gasteiger partial charge in [-0.3, -0.25) is 23.9 Å². The lowest BCUT2D eigenvalue weighted by atomic mass is 9.85. The van der Waals surface area contributed by atoms with Crippen molar-refractivity contribution in [2.24, 2.45) is 23.7 Å². The van der Waals surface area contributed by atoms with E-state index in [-0.39, 0.29) is 29.2 Å². The Hall–Kier alpha value is -6.54. The van der Waals surface area contributed by atoms with Gasteiger partial charge in [-0.2, -0.15) is 10.2 Å². The van der Waals surface area contributed by atoms with Crippen LogP contribution in [0.2, 0.25) is 0 Å². The van der Waals surface area contributed by atoms with Gasteiger partial charge in [-0.15, -0.1) is 0 Å². The number of carbonyl (C=O) groups is 2. The number of pyridine rings is 1. The van der Waals surface area contributed by atoms with E-state index in [1.54, 1.807) is 23.1 Å². The number of anilines is 1. The van der Waals surface area contributed by atoms with E-state index in [9.17, 15) is 18.4 Å². The molecule has 1 N–H and O–H groups in total. The molecule has 1 saturated heterocycles. The second-order valence-corrected chi connectivity index (χ2v) is 22.0. The zero-order valence-corrected chi connectivity index (χ0v) is 42.7. The third kappa shape index (κ3) is 12.3. The van der Waals surface area contributed by atoms with Crippen molar-refractivity contribution in [1.82, 2.24) is 39.3 Å². The standard InChI is InChI=1S/C60H69F2N9O3/c1-68(36-44-14-22-52(23-15-44)70-38-53(56(67-70)57(61)62)65-58(72)54-39-74-59(66-54)49-25-29-63-51(34-49)21-13-42-5-6-42)30-26-43-27-31-69(32-28-43)60(73)47-18-11-41(12-19-47)4-2-3-40-9-16-46(17-10-40)48-20-24-55-50(33-48)35-64-71(55)37-45-7-8-45/h9-12,16-20,24-25,29,33-35,38-39,42-45,52,57H,2-8,13-15,21-23,26-28,30-32,36-37H2,1H3,(H,65,72). The molecule has 3 saturated carbocycles. The number of piperidine rings is 1. The van der Waals surface area contributed by atoms with Crippen molar-refractivity contribution in [3.8, 4) is 22.6 Å². The molecule has 0 radical (unpaired) electrons. The minimum Gasteiger partial charge on any atom is -0.444 e. The normalized spacial score (nSPS) is 18.5. The smallest absolute Gasteiger partial charge is 0.284 e. The van der Waals surface area contributed by atoms with E-state index in [1.807, 2.05) is 29.3 Å². The largest absolute Gasteiger partial charge is 0.444 e. The number of likely N-dealkylation sites (tertiary alicyclic amines) is 1. The van der Waals surface area contributed by atoms with Crippen molar-refractivity contribution in [1.29, 1.82) is 0 Å². The highest BCUT2D eigenvalue weighted by Crippen LogP contribution is 2.37. The molecule has 3 aliphatic carbocycles. The number of alkyl halides is 2. The van der Waals surface area contributed by atoms with E-state index in [4.69, 9.17) is 4.42 Å². The lowest BCUT2D eigenvalue weighted by molar-refractivity contribution is 0.0680. The van der Waals surface area contributed by atoms with Crippen molar-refractivity contribution in [2.75, 3.05) is 38.5 Å². The van der Waals surface area contributed by atoms with Gasteiger partial charge >= 0.3 is 0 Å². The van der Waals surface area contributed by atoms with Crippen LogP contribution in [-0.2, 0) is 25.8 Å². The number of amides is 2. The third-order valence-electron chi connectivity index (χ3n) is 16.3. The molecule has 14 heteroatoms. The average molecular weight is 1000 g/mol. The predicted octanol–water partition coefficient (Wildman–Crippen LogP) is 12.7. The van der Waals surface area contributed by atoms with Gasteiger partial charge in [0.2, 0.25) is 5.89 Å². The van der Waals surface area contributed by atoms with Gasteiger partial charge in [-0.25, -0.2) is 13.8 Å². The number of halogens is 2. The number of benzene rings is 3. The van der Waals surface area contributed by atoms with E-state index in [1.165, 1.54) is 65.1 Å². The molecule has 4 fully saturated rings. The molecule has 11 rings (SSSR count). The van der Waals surface area contributed by atoms with Crippen molar-refractivity contribution in [3.05, 3.63) is 137 Å². The van der Waals surface area contributed by atoms with Crippen LogP contribution in [0.4, 0.5) is 14.5 Å². The molecule has 386 valence electrons. The van der Waals surface area contributed by atoms with Crippen LogP contribution >= 0.6 is 0 Å². The first-order valence-electron chi connectivity index (χ1n) is 27.3. The molecule has 4 aliphatic rings. The van der Waals surface area contributed by atoms with Crippen LogP contribution in [0.25, 0.3) is 33.5 Å². The minimum absolute atomic E-state index is 0.00478. The first-order chi connectivity index (χ1) is 36.1. The van der Waals surface area contributed by atoms with Crippen molar-refractivity contribution < 1.29 is 22.8 Å². The predicted molar refractivity (Wildman–Crippen MR) is 284 cm³/mol. The lowest BCUT2D eigenvalue weighted by Crippen LogP contribution is -2.39. The molecular formula is C60H69F2N9O3. The van der Waals surface area contributed by atoms with Gasteiger partial charge in [0, 0.05) is 60.8 Å². The summed E-state index contributed by atoms with van der Waals surface area (Å²) in [6, 6.07) is 27.6. The number of oxazole rings is 1. The molecule has 74 heavy (non-hydrogen) atoms. The molecule has 1 aliphatic heterocycles. The summed E-state index contributed by atoms with van der Waals surface area (Å²) in [5.74, 6) is 2.47. The second-order valence-electron chi connectivity index (χ2n) is 22.0. The van der Waals surface area contributed by atoms with Crippen LogP contribution in [0.15, 0.2) is 108 Å². The highest BCUT2D eigenvalue weighted by Gasteiger charge is 2.30. The van der Waals surface area contributed by atoms with Crippen molar-refractivity contribution in [3.63, 3.8) is 0 Å². The summed E-state index contributed by atoms with van der Waals surface area (Å²) in [5, 5.41) is 12.8. The SMILES string of the molecule is CN(CCC1CCN(C(=O)c2ccc(CCCc3ccc(-c4ccc5c(cnn5CC5CC5)c4)cc3)cc2)CC1)CC1CCC(n2cc(NC(=O)c3coc(-c4ccnc(CCC5CC5)c4)n3)c(C(F)F)n2)CC1. The summed E-state index contributed by atoms with van der Waals surface area (Å²) in [5.41, 5.74) is 8.26. The number of aryl methyl sites for hydroxylation is 3. The van der Waals surface area contributed by atoms with Crippen LogP contribution in [0.3, 0.4) is 0 Å². The average Bonchev–Trinajstić information content (AvgIpc) is 4.29. The van der Waals surface area contributed by atoms with Gasteiger partial charge in [0.15, 0.2) is 11.4 Å². The molecule has 3 aromatic carbocycles. The van der Waals surface area contributed by atoms with Crippen LogP contribution in [0, 0.1) is 23.7 Å². The number of carbonyl (C=O) groups excluding carboxylic acids is 2. The van der Waals surface area contributed by atoms with Crippen LogP contribution < -0.4 is 5.32 Å². The molecule has 0 atom stereocenters. The van der Waals surface area contributed by atoms with Gasteiger partial charge < -0.3 is 19.5 Å². The maximum atomic E-state index is 14.2. The van der Waals surface area contributed by atoms with Gasteiger partial charge in [0.05, 0.1) is 23.4 Å². The zero-order valence-electron chi connectivity index (χ0n) is 42.7. The first-order valence-corrected chi connectivity index (χ1v) is 27.3. The summed E-state index contributed by atoms with van der Waals surface area (Å²) in [6.07, 6.45) is 20.6.